The summed E-state index contributed by atoms with van der Waals surface area (Å²) in [7, 11) is 2.04. The molecule has 1 aliphatic rings. The van der Waals surface area contributed by atoms with Gasteiger partial charge in [-0.05, 0) is 14.0 Å². The Hall–Kier alpha value is -1.18. The van der Waals surface area contributed by atoms with E-state index >= 15 is 0 Å². The summed E-state index contributed by atoms with van der Waals surface area (Å²) >= 11 is 1.32. The molecule has 0 aliphatic carbocycles. The molecule has 1 N–H and O–H groups in total. The van der Waals surface area contributed by atoms with Crippen LogP contribution in [0.5, 0.6) is 0 Å². The van der Waals surface area contributed by atoms with Crippen LogP contribution in [0.15, 0.2) is 6.07 Å². The van der Waals surface area contributed by atoms with Crippen molar-refractivity contribution < 1.29 is 10.0 Å². The number of rotatable bonds is 3. The van der Waals surface area contributed by atoms with Gasteiger partial charge >= 0.3 is 5.69 Å². The molecule has 0 bridgehead atoms. The van der Waals surface area contributed by atoms with E-state index in [1.165, 1.54) is 17.4 Å². The fraction of sp³-hybridized carbons (Fsp3) is 0.636. The van der Waals surface area contributed by atoms with Gasteiger partial charge in [-0.15, -0.1) is 11.3 Å². The van der Waals surface area contributed by atoms with E-state index in [9.17, 15) is 15.2 Å². The number of hydrogen-bond donors (Lipinski definition) is 1. The van der Waals surface area contributed by atoms with E-state index in [4.69, 9.17) is 0 Å². The molecule has 6 nitrogen and oxygen atoms in total. The van der Waals surface area contributed by atoms with Crippen molar-refractivity contribution >= 4 is 22.0 Å². The molecule has 18 heavy (non-hydrogen) atoms. The molecule has 0 aromatic carbocycles. The number of likely N-dealkylation sites (N-methyl/N-ethyl adjacent to an activating group) is 1. The number of anilines is 1. The molecule has 2 heterocycles. The predicted octanol–water partition coefficient (Wildman–Crippen LogP) is 1.46. The van der Waals surface area contributed by atoms with Crippen molar-refractivity contribution in [2.24, 2.45) is 0 Å². The van der Waals surface area contributed by atoms with E-state index in [1.54, 1.807) is 6.92 Å². The van der Waals surface area contributed by atoms with E-state index in [0.29, 0.717) is 9.88 Å². The molecule has 1 aromatic heterocycles. The fourth-order valence-corrected chi connectivity index (χ4v) is 3.08. The first-order valence-electron chi connectivity index (χ1n) is 5.88. The lowest BCUT2D eigenvalue weighted by atomic mass is 10.3. The summed E-state index contributed by atoms with van der Waals surface area (Å²) in [5.74, 6) is 0. The zero-order valence-electron chi connectivity index (χ0n) is 10.5. The van der Waals surface area contributed by atoms with Gasteiger partial charge in [0.2, 0.25) is 0 Å². The van der Waals surface area contributed by atoms with Gasteiger partial charge in [0.25, 0.3) is 0 Å². The Balaban J connectivity index is 2.28. The highest BCUT2D eigenvalue weighted by Gasteiger charge is 2.27. The quantitative estimate of drug-likeness (QED) is 0.666. The number of hydrogen-bond acceptors (Lipinski definition) is 6. The first-order valence-corrected chi connectivity index (χ1v) is 6.70. The fourth-order valence-electron chi connectivity index (χ4n) is 1.96. The lowest BCUT2D eigenvalue weighted by Crippen LogP contribution is -2.44. The lowest BCUT2D eigenvalue weighted by molar-refractivity contribution is -0.383. The van der Waals surface area contributed by atoms with Gasteiger partial charge in [0.15, 0.2) is 5.00 Å². The summed E-state index contributed by atoms with van der Waals surface area (Å²) in [6.07, 6.45) is -0.657. The molecule has 0 saturated carbocycles. The van der Waals surface area contributed by atoms with E-state index in [0.717, 1.165) is 26.2 Å². The summed E-state index contributed by atoms with van der Waals surface area (Å²) < 4.78 is 0. The van der Waals surface area contributed by atoms with Crippen LogP contribution in [0.25, 0.3) is 0 Å². The smallest absolute Gasteiger partial charge is 0.304 e. The van der Waals surface area contributed by atoms with Crippen LogP contribution < -0.4 is 4.90 Å². The van der Waals surface area contributed by atoms with Gasteiger partial charge in [0, 0.05) is 37.1 Å². The second kappa shape index (κ2) is 5.21. The number of piperazine rings is 1. The van der Waals surface area contributed by atoms with Crippen molar-refractivity contribution in [2.75, 3.05) is 38.1 Å². The Bertz CT molecular complexity index is 439. The maximum Gasteiger partial charge on any atom is 0.304 e. The van der Waals surface area contributed by atoms with E-state index in [2.05, 4.69) is 4.90 Å². The van der Waals surface area contributed by atoms with Crippen molar-refractivity contribution in [3.8, 4) is 0 Å². The van der Waals surface area contributed by atoms with Gasteiger partial charge in [-0.2, -0.15) is 0 Å². The van der Waals surface area contributed by atoms with Crippen LogP contribution >= 0.6 is 11.3 Å². The monoisotopic (exact) mass is 271 g/mol. The number of nitrogens with zero attached hydrogens (tertiary/aromatic N) is 3. The maximum atomic E-state index is 11.1. The molecule has 0 spiro atoms. The van der Waals surface area contributed by atoms with E-state index < -0.39 is 6.10 Å². The highest BCUT2D eigenvalue weighted by molar-refractivity contribution is 7.16. The molecule has 0 amide bonds. The van der Waals surface area contributed by atoms with Gasteiger partial charge in [0.1, 0.15) is 0 Å². The van der Waals surface area contributed by atoms with Crippen LogP contribution in [-0.4, -0.2) is 48.2 Å². The molecule has 0 radical (unpaired) electrons. The van der Waals surface area contributed by atoms with Gasteiger partial charge in [-0.25, -0.2) is 0 Å². The lowest BCUT2D eigenvalue weighted by Gasteiger charge is -2.32. The van der Waals surface area contributed by atoms with Crippen molar-refractivity contribution in [3.05, 3.63) is 21.1 Å². The largest absolute Gasteiger partial charge is 0.388 e. The van der Waals surface area contributed by atoms with Crippen LogP contribution in [0.3, 0.4) is 0 Å². The summed E-state index contributed by atoms with van der Waals surface area (Å²) in [4.78, 5) is 15.6. The Morgan fingerprint density at radius 3 is 2.56 bits per heavy atom. The topological polar surface area (TPSA) is 69.8 Å². The first-order chi connectivity index (χ1) is 8.49. The second-order valence-electron chi connectivity index (χ2n) is 4.56. The van der Waals surface area contributed by atoms with Crippen LogP contribution in [0, 0.1) is 10.1 Å². The molecular formula is C11H17N3O3S. The third-order valence-corrected chi connectivity index (χ3v) is 4.47. The van der Waals surface area contributed by atoms with Crippen LogP contribution in [0.4, 0.5) is 10.7 Å². The number of aliphatic hydroxyl groups excluding tert-OH is 1. The third kappa shape index (κ3) is 2.63. The zero-order valence-corrected chi connectivity index (χ0v) is 11.3. The van der Waals surface area contributed by atoms with Gasteiger partial charge < -0.3 is 14.9 Å². The number of aliphatic hydroxyl groups is 1. The normalized spacial score (nSPS) is 18.9. The Morgan fingerprint density at radius 2 is 2.06 bits per heavy atom. The van der Waals surface area contributed by atoms with Gasteiger partial charge in [0.05, 0.1) is 11.0 Å². The third-order valence-electron chi connectivity index (χ3n) is 3.11. The zero-order chi connectivity index (χ0) is 13.3. The predicted molar refractivity (Wildman–Crippen MR) is 71.3 cm³/mol. The number of nitro groups is 1. The second-order valence-corrected chi connectivity index (χ2v) is 5.62. The minimum absolute atomic E-state index is 0.112. The van der Waals surface area contributed by atoms with E-state index in [-0.39, 0.29) is 10.6 Å². The Kier molecular flexibility index (Phi) is 3.84. The molecule has 2 rings (SSSR count). The average Bonchev–Trinajstić information content (AvgIpc) is 2.75. The molecule has 1 fully saturated rings. The van der Waals surface area contributed by atoms with Gasteiger partial charge in [-0.3, -0.25) is 10.1 Å². The van der Waals surface area contributed by atoms with Crippen molar-refractivity contribution in [3.63, 3.8) is 0 Å². The van der Waals surface area contributed by atoms with Crippen molar-refractivity contribution in [1.29, 1.82) is 0 Å². The molecule has 1 aromatic rings. The van der Waals surface area contributed by atoms with Crippen LogP contribution in [-0.2, 0) is 0 Å². The van der Waals surface area contributed by atoms with Crippen molar-refractivity contribution in [2.45, 2.75) is 13.0 Å². The Morgan fingerprint density at radius 1 is 1.44 bits per heavy atom. The van der Waals surface area contributed by atoms with Crippen molar-refractivity contribution in [1.82, 2.24) is 4.90 Å². The highest BCUT2D eigenvalue weighted by Crippen LogP contribution is 2.40. The summed E-state index contributed by atoms with van der Waals surface area (Å²) in [6, 6.07) is 1.49. The van der Waals surface area contributed by atoms with Crippen LogP contribution in [0.1, 0.15) is 17.9 Å². The molecule has 100 valence electrons. The van der Waals surface area contributed by atoms with Gasteiger partial charge in [-0.1, -0.05) is 0 Å². The maximum absolute atomic E-state index is 11.1. The summed E-state index contributed by atoms with van der Waals surface area (Å²) in [5.41, 5.74) is 0.112. The Labute approximate surface area is 110 Å². The molecule has 1 atom stereocenters. The molecular weight excluding hydrogens is 254 g/mol. The molecule has 1 saturated heterocycles. The van der Waals surface area contributed by atoms with Crippen LogP contribution in [0.2, 0.25) is 0 Å². The highest BCUT2D eigenvalue weighted by atomic mass is 32.1. The standard InChI is InChI=1S/C11H17N3O3S/c1-8(15)10-7-9(14(16)17)11(18-10)13-5-3-12(2)4-6-13/h7-8,15H,3-6H2,1-2H3. The SMILES string of the molecule is CC(O)c1cc([N+](=O)[O-])c(N2CCN(C)CC2)s1. The molecule has 1 unspecified atom stereocenters. The van der Waals surface area contributed by atoms with E-state index in [1.807, 2.05) is 11.9 Å². The first kappa shape index (κ1) is 13.3. The number of thiophene rings is 1. The minimum atomic E-state index is -0.657. The molecule has 1 aliphatic heterocycles. The minimum Gasteiger partial charge on any atom is -0.388 e. The summed E-state index contributed by atoms with van der Waals surface area (Å²) in [5, 5.41) is 21.3. The molecule has 7 heteroatoms. The average molecular weight is 271 g/mol. The summed E-state index contributed by atoms with van der Waals surface area (Å²) in [6.45, 7) is 5.01.